The summed E-state index contributed by atoms with van der Waals surface area (Å²) in [7, 11) is 1.70. The Morgan fingerprint density at radius 1 is 0.970 bits per heavy atom. The van der Waals surface area contributed by atoms with Crippen molar-refractivity contribution in [3.8, 4) is 16.9 Å². The Bertz CT molecular complexity index is 1060. The van der Waals surface area contributed by atoms with Gasteiger partial charge in [0.15, 0.2) is 0 Å². The van der Waals surface area contributed by atoms with Gasteiger partial charge in [0.25, 0.3) is 0 Å². The van der Waals surface area contributed by atoms with E-state index in [1.165, 1.54) is 17.7 Å². The minimum absolute atomic E-state index is 0.232. The summed E-state index contributed by atoms with van der Waals surface area (Å²) < 4.78 is 18.6. The lowest BCUT2D eigenvalue weighted by Crippen LogP contribution is -2.38. The molecule has 1 aliphatic heterocycles. The van der Waals surface area contributed by atoms with Crippen molar-refractivity contribution < 1.29 is 13.9 Å². The molecule has 0 unspecified atom stereocenters. The number of piperidine rings is 1. The summed E-state index contributed by atoms with van der Waals surface area (Å²) in [5, 5.41) is 0. The van der Waals surface area contributed by atoms with Crippen LogP contribution in [0.4, 0.5) is 4.39 Å². The standard InChI is InChI=1S/C29H32FNO2/c1-33-27-7-4-5-23(21-27)10-9-22-17-19-31(20-18-22)29(32)16-13-24-6-2-3-8-28(24)25-11-14-26(30)15-12-25/h2-8,11-12,14-15,21-22H,9-10,13,16-20H2,1H3. The van der Waals surface area contributed by atoms with Crippen molar-refractivity contribution in [2.45, 2.75) is 38.5 Å². The number of ether oxygens (including phenoxy) is 1. The third-order valence-electron chi connectivity index (χ3n) is 6.72. The maximum Gasteiger partial charge on any atom is 0.222 e. The fourth-order valence-electron chi connectivity index (χ4n) is 4.72. The number of aryl methyl sites for hydroxylation is 2. The Morgan fingerprint density at radius 3 is 2.48 bits per heavy atom. The first-order valence-electron chi connectivity index (χ1n) is 11.9. The first-order chi connectivity index (χ1) is 16.1. The molecule has 33 heavy (non-hydrogen) atoms. The highest BCUT2D eigenvalue weighted by atomic mass is 19.1. The first-order valence-corrected chi connectivity index (χ1v) is 11.9. The Labute approximate surface area is 196 Å². The van der Waals surface area contributed by atoms with Gasteiger partial charge in [0, 0.05) is 19.5 Å². The molecule has 1 saturated heterocycles. The molecule has 1 heterocycles. The largest absolute Gasteiger partial charge is 0.497 e. The first kappa shape index (κ1) is 23.0. The summed E-state index contributed by atoms with van der Waals surface area (Å²) in [5.74, 6) is 1.57. The van der Waals surface area contributed by atoms with Crippen molar-refractivity contribution in [2.75, 3.05) is 20.2 Å². The van der Waals surface area contributed by atoms with E-state index < -0.39 is 0 Å². The molecule has 3 aromatic rings. The highest BCUT2D eigenvalue weighted by Crippen LogP contribution is 2.27. The molecular weight excluding hydrogens is 413 g/mol. The van der Waals surface area contributed by atoms with Crippen molar-refractivity contribution in [3.63, 3.8) is 0 Å². The van der Waals surface area contributed by atoms with Crippen LogP contribution in [0.1, 0.15) is 36.8 Å². The highest BCUT2D eigenvalue weighted by Gasteiger charge is 2.22. The molecule has 172 valence electrons. The average molecular weight is 446 g/mol. The third kappa shape index (κ3) is 6.22. The molecule has 0 aliphatic carbocycles. The minimum Gasteiger partial charge on any atom is -0.497 e. The van der Waals surface area contributed by atoms with E-state index in [1.54, 1.807) is 19.2 Å². The van der Waals surface area contributed by atoms with E-state index in [-0.39, 0.29) is 11.7 Å². The van der Waals surface area contributed by atoms with Crippen molar-refractivity contribution >= 4 is 5.91 Å². The topological polar surface area (TPSA) is 29.5 Å². The molecule has 0 spiro atoms. The zero-order valence-electron chi connectivity index (χ0n) is 19.3. The molecule has 0 bridgehead atoms. The van der Waals surface area contributed by atoms with E-state index in [1.807, 2.05) is 35.2 Å². The van der Waals surface area contributed by atoms with Gasteiger partial charge in [-0.15, -0.1) is 0 Å². The number of amides is 1. The molecule has 4 heteroatoms. The molecule has 1 amide bonds. The van der Waals surface area contributed by atoms with Crippen LogP contribution in [0, 0.1) is 11.7 Å². The summed E-state index contributed by atoms with van der Waals surface area (Å²) >= 11 is 0. The van der Waals surface area contributed by atoms with Crippen LogP contribution in [-0.4, -0.2) is 31.0 Å². The second kappa shape index (κ2) is 11.1. The van der Waals surface area contributed by atoms with Gasteiger partial charge in [0.05, 0.1) is 7.11 Å². The smallest absolute Gasteiger partial charge is 0.222 e. The van der Waals surface area contributed by atoms with Crippen molar-refractivity contribution in [2.24, 2.45) is 5.92 Å². The van der Waals surface area contributed by atoms with Crippen LogP contribution in [0.5, 0.6) is 5.75 Å². The van der Waals surface area contributed by atoms with Crippen LogP contribution in [0.15, 0.2) is 72.8 Å². The molecule has 0 atom stereocenters. The van der Waals surface area contributed by atoms with Gasteiger partial charge in [-0.05, 0) is 84.5 Å². The summed E-state index contributed by atoms with van der Waals surface area (Å²) in [4.78, 5) is 14.9. The molecule has 0 radical (unpaired) electrons. The lowest BCUT2D eigenvalue weighted by atomic mass is 9.90. The Morgan fingerprint density at radius 2 is 1.73 bits per heavy atom. The van der Waals surface area contributed by atoms with Crippen LogP contribution in [0.25, 0.3) is 11.1 Å². The van der Waals surface area contributed by atoms with Gasteiger partial charge in [0.2, 0.25) is 5.91 Å². The second-order valence-corrected chi connectivity index (χ2v) is 8.88. The molecule has 0 aromatic heterocycles. The van der Waals surface area contributed by atoms with Crippen LogP contribution in [0.3, 0.4) is 0 Å². The summed E-state index contributed by atoms with van der Waals surface area (Å²) in [6.45, 7) is 1.70. The zero-order chi connectivity index (χ0) is 23.0. The van der Waals surface area contributed by atoms with Crippen molar-refractivity contribution in [1.82, 2.24) is 4.90 Å². The van der Waals surface area contributed by atoms with Gasteiger partial charge < -0.3 is 9.64 Å². The van der Waals surface area contributed by atoms with E-state index in [4.69, 9.17) is 4.74 Å². The van der Waals surface area contributed by atoms with Crippen LogP contribution >= 0.6 is 0 Å². The number of likely N-dealkylation sites (tertiary alicyclic amines) is 1. The SMILES string of the molecule is COc1cccc(CCC2CCN(C(=O)CCc3ccccc3-c3ccc(F)cc3)CC2)c1. The fourth-order valence-corrected chi connectivity index (χ4v) is 4.72. The summed E-state index contributed by atoms with van der Waals surface area (Å²) in [6.07, 6.45) is 5.55. The lowest BCUT2D eigenvalue weighted by molar-refractivity contribution is -0.132. The number of carbonyl (C=O) groups is 1. The van der Waals surface area contributed by atoms with Gasteiger partial charge in [-0.1, -0.05) is 48.5 Å². The van der Waals surface area contributed by atoms with Gasteiger partial charge in [-0.2, -0.15) is 0 Å². The number of methoxy groups -OCH3 is 1. The van der Waals surface area contributed by atoms with Gasteiger partial charge in [-0.3, -0.25) is 4.79 Å². The monoisotopic (exact) mass is 445 g/mol. The zero-order valence-corrected chi connectivity index (χ0v) is 19.3. The average Bonchev–Trinajstić information content (AvgIpc) is 2.87. The van der Waals surface area contributed by atoms with Gasteiger partial charge >= 0.3 is 0 Å². The summed E-state index contributed by atoms with van der Waals surface area (Å²) in [6, 6.07) is 22.9. The Kier molecular flexibility index (Phi) is 7.77. The van der Waals surface area contributed by atoms with E-state index in [0.29, 0.717) is 18.8 Å². The molecule has 1 fully saturated rings. The van der Waals surface area contributed by atoms with E-state index in [9.17, 15) is 9.18 Å². The number of hydrogen-bond acceptors (Lipinski definition) is 2. The maximum atomic E-state index is 13.3. The number of carbonyl (C=O) groups excluding carboxylic acids is 1. The molecule has 1 aliphatic rings. The van der Waals surface area contributed by atoms with Crippen LogP contribution in [0.2, 0.25) is 0 Å². The Balaban J connectivity index is 1.26. The quantitative estimate of drug-likeness (QED) is 0.407. The normalized spacial score (nSPS) is 14.3. The fraction of sp³-hybridized carbons (Fsp3) is 0.345. The number of hydrogen-bond donors (Lipinski definition) is 0. The van der Waals surface area contributed by atoms with Crippen molar-refractivity contribution in [3.05, 3.63) is 89.7 Å². The number of halogens is 1. The third-order valence-corrected chi connectivity index (χ3v) is 6.72. The molecule has 3 aromatic carbocycles. The maximum absolute atomic E-state index is 13.3. The number of benzene rings is 3. The van der Waals surface area contributed by atoms with Gasteiger partial charge in [-0.25, -0.2) is 4.39 Å². The molecule has 3 nitrogen and oxygen atoms in total. The Hall–Kier alpha value is -3.14. The molecular formula is C29H32FNO2. The highest BCUT2D eigenvalue weighted by molar-refractivity contribution is 5.77. The van der Waals surface area contributed by atoms with E-state index in [2.05, 4.69) is 18.2 Å². The number of rotatable bonds is 8. The van der Waals surface area contributed by atoms with Crippen molar-refractivity contribution in [1.29, 1.82) is 0 Å². The van der Waals surface area contributed by atoms with Crippen LogP contribution in [-0.2, 0) is 17.6 Å². The van der Waals surface area contributed by atoms with Crippen LogP contribution < -0.4 is 4.74 Å². The predicted octanol–water partition coefficient (Wildman–Crippen LogP) is 6.31. The number of nitrogens with zero attached hydrogens (tertiary/aromatic N) is 1. The molecule has 0 N–H and O–H groups in total. The molecule has 4 rings (SSSR count). The van der Waals surface area contributed by atoms with E-state index >= 15 is 0 Å². The van der Waals surface area contributed by atoms with E-state index in [0.717, 1.165) is 61.2 Å². The summed E-state index contributed by atoms with van der Waals surface area (Å²) in [5.41, 5.74) is 4.50. The lowest BCUT2D eigenvalue weighted by Gasteiger charge is -2.32. The van der Waals surface area contributed by atoms with Gasteiger partial charge in [0.1, 0.15) is 11.6 Å². The molecule has 0 saturated carbocycles. The predicted molar refractivity (Wildman–Crippen MR) is 131 cm³/mol. The second-order valence-electron chi connectivity index (χ2n) is 8.88. The minimum atomic E-state index is -0.238.